The molecule has 2 N–H and O–H groups in total. The highest BCUT2D eigenvalue weighted by Crippen LogP contribution is 2.24. The summed E-state index contributed by atoms with van der Waals surface area (Å²) in [6.45, 7) is 3.08. The third-order valence-corrected chi connectivity index (χ3v) is 4.22. The summed E-state index contributed by atoms with van der Waals surface area (Å²) in [4.78, 5) is -0.125. The fourth-order valence-corrected chi connectivity index (χ4v) is 2.39. The lowest BCUT2D eigenvalue weighted by Gasteiger charge is -2.10. The standard InChI is InChI=1S/C11H16ClFN2O2S/c1-3-4-15-7-8-5-9(18(16,17)14-2)6-10(13)11(8)12/h5-6,14-15H,3-4,7H2,1-2H3. The van der Waals surface area contributed by atoms with Crippen LogP contribution >= 0.6 is 11.6 Å². The quantitative estimate of drug-likeness (QED) is 0.788. The van der Waals surface area contributed by atoms with Gasteiger partial charge in [-0.2, -0.15) is 0 Å². The van der Waals surface area contributed by atoms with Crippen LogP contribution in [-0.4, -0.2) is 22.0 Å². The molecule has 18 heavy (non-hydrogen) atoms. The minimum absolute atomic E-state index is 0.0475. The van der Waals surface area contributed by atoms with Gasteiger partial charge < -0.3 is 5.32 Å². The maximum absolute atomic E-state index is 13.6. The van der Waals surface area contributed by atoms with E-state index in [-0.39, 0.29) is 9.92 Å². The number of hydrogen-bond donors (Lipinski definition) is 2. The predicted octanol–water partition coefficient (Wildman–Crippen LogP) is 1.89. The number of halogens is 2. The maximum Gasteiger partial charge on any atom is 0.240 e. The van der Waals surface area contributed by atoms with Crippen LogP contribution in [0.15, 0.2) is 17.0 Å². The van der Waals surface area contributed by atoms with E-state index < -0.39 is 15.8 Å². The summed E-state index contributed by atoms with van der Waals surface area (Å²) in [5, 5.41) is 3.00. The Morgan fingerprint density at radius 1 is 1.39 bits per heavy atom. The number of nitrogens with one attached hydrogen (secondary N) is 2. The molecule has 0 amide bonds. The van der Waals surface area contributed by atoms with Crippen molar-refractivity contribution in [2.45, 2.75) is 24.8 Å². The van der Waals surface area contributed by atoms with Crippen LogP contribution in [-0.2, 0) is 16.6 Å². The second-order valence-corrected chi connectivity index (χ2v) is 6.03. The monoisotopic (exact) mass is 294 g/mol. The largest absolute Gasteiger partial charge is 0.313 e. The Balaban J connectivity index is 3.11. The molecule has 102 valence electrons. The molecular weight excluding hydrogens is 279 g/mol. The van der Waals surface area contributed by atoms with Crippen molar-refractivity contribution in [3.8, 4) is 0 Å². The van der Waals surface area contributed by atoms with Crippen LogP contribution in [0.3, 0.4) is 0 Å². The van der Waals surface area contributed by atoms with E-state index in [4.69, 9.17) is 11.6 Å². The molecule has 0 aromatic heterocycles. The Hall–Kier alpha value is -0.690. The minimum atomic E-state index is -3.67. The summed E-state index contributed by atoms with van der Waals surface area (Å²) in [6, 6.07) is 2.29. The molecule has 0 atom stereocenters. The first-order valence-corrected chi connectivity index (χ1v) is 7.40. The van der Waals surface area contributed by atoms with Crippen LogP contribution in [0.4, 0.5) is 4.39 Å². The molecule has 0 aliphatic rings. The van der Waals surface area contributed by atoms with Gasteiger partial charge in [0.25, 0.3) is 0 Å². The first-order chi connectivity index (χ1) is 8.42. The molecule has 1 aromatic rings. The third-order valence-electron chi connectivity index (χ3n) is 2.40. The van der Waals surface area contributed by atoms with Crippen LogP contribution in [0.25, 0.3) is 0 Å². The number of benzene rings is 1. The van der Waals surface area contributed by atoms with E-state index >= 15 is 0 Å². The number of rotatable bonds is 6. The van der Waals surface area contributed by atoms with Gasteiger partial charge in [-0.05, 0) is 37.7 Å². The lowest BCUT2D eigenvalue weighted by molar-refractivity contribution is 0.582. The van der Waals surface area contributed by atoms with E-state index in [1.54, 1.807) is 0 Å². The molecule has 0 aliphatic heterocycles. The van der Waals surface area contributed by atoms with E-state index in [0.29, 0.717) is 12.1 Å². The Morgan fingerprint density at radius 3 is 2.61 bits per heavy atom. The zero-order valence-electron chi connectivity index (χ0n) is 10.3. The molecule has 0 bridgehead atoms. The van der Waals surface area contributed by atoms with Gasteiger partial charge in [-0.25, -0.2) is 17.5 Å². The van der Waals surface area contributed by atoms with Gasteiger partial charge in [0.2, 0.25) is 10.0 Å². The van der Waals surface area contributed by atoms with Crippen LogP contribution in [0.2, 0.25) is 5.02 Å². The van der Waals surface area contributed by atoms with Gasteiger partial charge in [0, 0.05) is 6.54 Å². The summed E-state index contributed by atoms with van der Waals surface area (Å²) in [7, 11) is -2.39. The van der Waals surface area contributed by atoms with Gasteiger partial charge in [-0.3, -0.25) is 0 Å². The van der Waals surface area contributed by atoms with Crippen LogP contribution in [0.1, 0.15) is 18.9 Å². The molecule has 1 aromatic carbocycles. The van der Waals surface area contributed by atoms with Crippen molar-refractivity contribution in [1.29, 1.82) is 0 Å². The number of hydrogen-bond acceptors (Lipinski definition) is 3. The first-order valence-electron chi connectivity index (χ1n) is 5.54. The van der Waals surface area contributed by atoms with E-state index in [1.165, 1.54) is 13.1 Å². The van der Waals surface area contributed by atoms with Crippen LogP contribution in [0.5, 0.6) is 0 Å². The summed E-state index contributed by atoms with van der Waals surface area (Å²) < 4.78 is 38.9. The molecular formula is C11H16ClFN2O2S. The Labute approximate surface area is 112 Å². The smallest absolute Gasteiger partial charge is 0.240 e. The molecule has 0 aliphatic carbocycles. The first kappa shape index (κ1) is 15.4. The summed E-state index contributed by atoms with van der Waals surface area (Å²) in [5.41, 5.74) is 0.430. The zero-order valence-corrected chi connectivity index (χ0v) is 11.8. The van der Waals surface area contributed by atoms with Crippen LogP contribution < -0.4 is 10.0 Å². The van der Waals surface area contributed by atoms with Gasteiger partial charge in [0.1, 0.15) is 5.82 Å². The van der Waals surface area contributed by atoms with Crippen molar-refractivity contribution >= 4 is 21.6 Å². The second-order valence-electron chi connectivity index (χ2n) is 3.76. The fraction of sp³-hybridized carbons (Fsp3) is 0.455. The van der Waals surface area contributed by atoms with Crippen molar-refractivity contribution in [3.05, 3.63) is 28.5 Å². The molecule has 0 fully saturated rings. The molecule has 0 saturated heterocycles. The van der Waals surface area contributed by atoms with Gasteiger partial charge >= 0.3 is 0 Å². The molecule has 0 saturated carbocycles. The van der Waals surface area contributed by atoms with Crippen molar-refractivity contribution in [3.63, 3.8) is 0 Å². The molecule has 7 heteroatoms. The SMILES string of the molecule is CCCNCc1cc(S(=O)(=O)NC)cc(F)c1Cl. The van der Waals surface area contributed by atoms with Gasteiger partial charge in [-0.1, -0.05) is 18.5 Å². The summed E-state index contributed by atoms with van der Waals surface area (Å²) in [5.74, 6) is -0.735. The fourth-order valence-electron chi connectivity index (χ4n) is 1.42. The van der Waals surface area contributed by atoms with Crippen molar-refractivity contribution in [2.24, 2.45) is 0 Å². The Morgan fingerprint density at radius 2 is 2.06 bits per heavy atom. The molecule has 0 radical (unpaired) electrons. The minimum Gasteiger partial charge on any atom is -0.313 e. The maximum atomic E-state index is 13.6. The van der Waals surface area contributed by atoms with Gasteiger partial charge in [-0.15, -0.1) is 0 Å². The second kappa shape index (κ2) is 6.47. The Bertz CT molecular complexity index is 520. The average Bonchev–Trinajstić information content (AvgIpc) is 2.34. The summed E-state index contributed by atoms with van der Waals surface area (Å²) >= 11 is 5.81. The molecule has 0 unspecified atom stereocenters. The van der Waals surface area contributed by atoms with Gasteiger partial charge in [0.15, 0.2) is 0 Å². The topological polar surface area (TPSA) is 58.2 Å². The Kier molecular flexibility index (Phi) is 5.52. The molecule has 1 rings (SSSR count). The normalized spacial score (nSPS) is 11.8. The van der Waals surface area contributed by atoms with E-state index in [2.05, 4.69) is 10.0 Å². The lowest BCUT2D eigenvalue weighted by atomic mass is 10.2. The zero-order chi connectivity index (χ0) is 13.8. The van der Waals surface area contributed by atoms with Crippen LogP contribution in [0, 0.1) is 5.82 Å². The number of sulfonamides is 1. The highest BCUT2D eigenvalue weighted by atomic mass is 35.5. The van der Waals surface area contributed by atoms with Gasteiger partial charge in [0.05, 0.1) is 9.92 Å². The molecule has 0 spiro atoms. The molecule has 0 heterocycles. The van der Waals surface area contributed by atoms with E-state index in [0.717, 1.165) is 19.0 Å². The molecule has 4 nitrogen and oxygen atoms in total. The average molecular weight is 295 g/mol. The highest BCUT2D eigenvalue weighted by Gasteiger charge is 2.17. The van der Waals surface area contributed by atoms with E-state index in [9.17, 15) is 12.8 Å². The van der Waals surface area contributed by atoms with Crippen molar-refractivity contribution in [2.75, 3.05) is 13.6 Å². The predicted molar refractivity (Wildman–Crippen MR) is 69.7 cm³/mol. The van der Waals surface area contributed by atoms with Crippen molar-refractivity contribution in [1.82, 2.24) is 10.0 Å². The van der Waals surface area contributed by atoms with Crippen molar-refractivity contribution < 1.29 is 12.8 Å². The summed E-state index contributed by atoms with van der Waals surface area (Å²) in [6.07, 6.45) is 0.925. The third kappa shape index (κ3) is 3.65. The lowest BCUT2D eigenvalue weighted by Crippen LogP contribution is -2.20. The van der Waals surface area contributed by atoms with E-state index in [1.807, 2.05) is 6.92 Å². The highest BCUT2D eigenvalue weighted by molar-refractivity contribution is 7.89.